The van der Waals surface area contributed by atoms with E-state index in [4.69, 9.17) is 20.2 Å². The lowest BCUT2D eigenvalue weighted by molar-refractivity contribution is -0.142. The van der Waals surface area contributed by atoms with Gasteiger partial charge in [-0.3, -0.25) is 9.69 Å². The van der Waals surface area contributed by atoms with Crippen LogP contribution < -0.4 is 20.7 Å². The Morgan fingerprint density at radius 2 is 1.93 bits per heavy atom. The normalized spacial score (nSPS) is 17.3. The van der Waals surface area contributed by atoms with Gasteiger partial charge in [0, 0.05) is 42.8 Å². The molecule has 2 aliphatic heterocycles. The fraction of sp³-hybridized carbons (Fsp3) is 0.414. The third-order valence-electron chi connectivity index (χ3n) is 7.13. The first-order valence-corrected chi connectivity index (χ1v) is 13.6. The third-order valence-corrected chi connectivity index (χ3v) is 7.13. The lowest BCUT2D eigenvalue weighted by Crippen LogP contribution is -2.38. The summed E-state index contributed by atoms with van der Waals surface area (Å²) in [6.45, 7) is 5.53. The first kappa shape index (κ1) is 29.6. The number of hydrogen-bond donors (Lipinski definition) is 3. The highest BCUT2D eigenvalue weighted by Crippen LogP contribution is 2.30. The molecule has 0 radical (unpaired) electrons. The van der Waals surface area contributed by atoms with E-state index in [9.17, 15) is 9.90 Å². The molecule has 3 heterocycles. The Balaban J connectivity index is 0.00000370. The zero-order chi connectivity index (χ0) is 27.0. The summed E-state index contributed by atoms with van der Waals surface area (Å²) in [5.41, 5.74) is 10.3. The van der Waals surface area contributed by atoms with Gasteiger partial charge in [0.05, 0.1) is 25.5 Å². The molecule has 0 bridgehead atoms. The maximum absolute atomic E-state index is 11.8. The molecule has 5 rings (SSSR count). The van der Waals surface area contributed by atoms with E-state index >= 15 is 0 Å². The number of rotatable bonds is 11. The molecule has 2 aromatic carbocycles. The summed E-state index contributed by atoms with van der Waals surface area (Å²) >= 11 is 0. The van der Waals surface area contributed by atoms with Crippen LogP contribution in [0.2, 0.25) is 0 Å². The monoisotopic (exact) mass is 566 g/mol. The van der Waals surface area contributed by atoms with E-state index in [1.165, 1.54) is 0 Å². The van der Waals surface area contributed by atoms with E-state index in [0.717, 1.165) is 66.4 Å². The Labute approximate surface area is 242 Å². The number of aliphatic carboxylic acids is 1. The molecule has 2 saturated heterocycles. The van der Waals surface area contributed by atoms with Crippen LogP contribution in [0.1, 0.15) is 24.8 Å². The van der Waals surface area contributed by atoms with Crippen LogP contribution in [-0.2, 0) is 16.1 Å². The minimum atomic E-state index is -0.755. The van der Waals surface area contributed by atoms with Crippen molar-refractivity contribution in [3.8, 4) is 17.0 Å². The van der Waals surface area contributed by atoms with Crippen LogP contribution in [0.5, 0.6) is 5.75 Å². The molecule has 0 spiro atoms. The molecule has 1 aromatic heterocycles. The highest BCUT2D eigenvalue weighted by atomic mass is 32.1. The first-order chi connectivity index (χ1) is 19.1. The molecule has 0 amide bonds. The molecule has 4 N–H and O–H groups in total. The van der Waals surface area contributed by atoms with E-state index in [2.05, 4.69) is 32.2 Å². The van der Waals surface area contributed by atoms with Crippen molar-refractivity contribution in [3.63, 3.8) is 0 Å². The van der Waals surface area contributed by atoms with Gasteiger partial charge in [0.25, 0.3) is 0 Å². The number of hydrogen-bond acceptors (Lipinski definition) is 9. The van der Waals surface area contributed by atoms with Gasteiger partial charge in [0.2, 0.25) is 5.95 Å². The Morgan fingerprint density at radius 3 is 2.67 bits per heavy atom. The molecule has 10 nitrogen and oxygen atoms in total. The summed E-state index contributed by atoms with van der Waals surface area (Å²) in [4.78, 5) is 25.4. The number of anilines is 3. The predicted molar refractivity (Wildman–Crippen MR) is 161 cm³/mol. The van der Waals surface area contributed by atoms with Crippen molar-refractivity contribution in [2.24, 2.45) is 5.73 Å². The number of nitrogens with two attached hydrogens (primary N) is 1. The SMILES string of the molecule is NCCCOc1ccc(-c2ccnc(Nc3ccc(N4CCOCC4)c(CN4CCCC4C(=O)O)c3)n2)cc1.S. The molecule has 1 unspecified atom stereocenters. The minimum absolute atomic E-state index is 0. The highest BCUT2D eigenvalue weighted by Gasteiger charge is 2.31. The number of benzene rings is 2. The van der Waals surface area contributed by atoms with Crippen molar-refractivity contribution in [1.82, 2.24) is 14.9 Å². The minimum Gasteiger partial charge on any atom is -0.494 e. The molecule has 40 heavy (non-hydrogen) atoms. The van der Waals surface area contributed by atoms with E-state index < -0.39 is 12.0 Å². The van der Waals surface area contributed by atoms with Gasteiger partial charge in [0.1, 0.15) is 11.8 Å². The zero-order valence-corrected chi connectivity index (χ0v) is 23.6. The van der Waals surface area contributed by atoms with Crippen LogP contribution in [-0.4, -0.2) is 78.0 Å². The number of carboxylic acid groups (broad SMARTS) is 1. The van der Waals surface area contributed by atoms with Crippen LogP contribution >= 0.6 is 13.5 Å². The third kappa shape index (κ3) is 7.42. The van der Waals surface area contributed by atoms with Gasteiger partial charge >= 0.3 is 5.97 Å². The topological polar surface area (TPSA) is 126 Å². The number of aromatic nitrogens is 2. The van der Waals surface area contributed by atoms with Crippen LogP contribution in [0.4, 0.5) is 17.3 Å². The maximum Gasteiger partial charge on any atom is 0.320 e. The molecule has 1 atom stereocenters. The fourth-order valence-electron chi connectivity index (χ4n) is 5.12. The maximum atomic E-state index is 11.8. The number of ether oxygens (including phenoxy) is 2. The summed E-state index contributed by atoms with van der Waals surface area (Å²) in [7, 11) is 0. The summed E-state index contributed by atoms with van der Waals surface area (Å²) < 4.78 is 11.3. The van der Waals surface area contributed by atoms with E-state index in [1.54, 1.807) is 6.20 Å². The number of likely N-dealkylation sites (tertiary alicyclic amines) is 1. The van der Waals surface area contributed by atoms with E-state index in [1.807, 2.05) is 36.4 Å². The first-order valence-electron chi connectivity index (χ1n) is 13.6. The molecule has 0 aliphatic carbocycles. The van der Waals surface area contributed by atoms with Crippen LogP contribution in [0.3, 0.4) is 0 Å². The van der Waals surface area contributed by atoms with Crippen molar-refractivity contribution in [2.75, 3.05) is 56.2 Å². The fourth-order valence-corrected chi connectivity index (χ4v) is 5.12. The molecule has 2 aliphatic rings. The molecule has 2 fully saturated rings. The molecule has 214 valence electrons. The smallest absolute Gasteiger partial charge is 0.320 e. The van der Waals surface area contributed by atoms with E-state index in [0.29, 0.717) is 45.3 Å². The highest BCUT2D eigenvalue weighted by molar-refractivity contribution is 7.59. The Morgan fingerprint density at radius 1 is 1.12 bits per heavy atom. The van der Waals surface area contributed by atoms with Crippen LogP contribution in [0, 0.1) is 0 Å². The van der Waals surface area contributed by atoms with Gasteiger partial charge in [-0.1, -0.05) is 0 Å². The number of morpholine rings is 1. The molecule has 11 heteroatoms. The molecular formula is C29H38N6O4S. The predicted octanol–water partition coefficient (Wildman–Crippen LogP) is 3.61. The van der Waals surface area contributed by atoms with Crippen molar-refractivity contribution in [2.45, 2.75) is 31.8 Å². The second-order valence-electron chi connectivity index (χ2n) is 9.82. The largest absolute Gasteiger partial charge is 0.494 e. The van der Waals surface area contributed by atoms with Gasteiger partial charge in [-0.25, -0.2) is 9.97 Å². The Kier molecular flexibility index (Phi) is 10.6. The van der Waals surface area contributed by atoms with Crippen molar-refractivity contribution >= 4 is 36.8 Å². The van der Waals surface area contributed by atoms with Gasteiger partial charge in [-0.2, -0.15) is 13.5 Å². The molecule has 0 saturated carbocycles. The second kappa shape index (κ2) is 14.3. The average molecular weight is 567 g/mol. The van der Waals surface area contributed by atoms with Crippen molar-refractivity contribution in [3.05, 3.63) is 60.3 Å². The van der Waals surface area contributed by atoms with Gasteiger partial charge in [-0.05, 0) is 86.4 Å². The van der Waals surface area contributed by atoms with Crippen LogP contribution in [0.25, 0.3) is 11.3 Å². The van der Waals surface area contributed by atoms with Crippen molar-refractivity contribution < 1.29 is 19.4 Å². The summed E-state index contributed by atoms with van der Waals surface area (Å²) in [6, 6.07) is 15.5. The van der Waals surface area contributed by atoms with E-state index in [-0.39, 0.29) is 13.5 Å². The van der Waals surface area contributed by atoms with Gasteiger partial charge < -0.3 is 30.5 Å². The Hall–Kier alpha value is -3.38. The number of carboxylic acids is 1. The number of carbonyl (C=O) groups is 1. The lowest BCUT2D eigenvalue weighted by Gasteiger charge is -2.32. The zero-order valence-electron chi connectivity index (χ0n) is 22.6. The van der Waals surface area contributed by atoms with Crippen LogP contribution in [0.15, 0.2) is 54.7 Å². The number of nitrogens with zero attached hydrogens (tertiary/aromatic N) is 4. The van der Waals surface area contributed by atoms with Crippen molar-refractivity contribution in [1.29, 1.82) is 0 Å². The second-order valence-corrected chi connectivity index (χ2v) is 9.82. The summed E-state index contributed by atoms with van der Waals surface area (Å²) in [6.07, 6.45) is 4.13. The Bertz CT molecular complexity index is 1260. The molecule has 3 aromatic rings. The summed E-state index contributed by atoms with van der Waals surface area (Å²) in [5.74, 6) is 0.538. The standard InChI is InChI=1S/C29H36N6O4.H2S/c30-11-2-16-39-24-7-4-21(5-8-24)25-10-12-31-29(33-25)32-23-6-9-26(34-14-17-38-18-15-34)22(19-23)20-35-13-1-3-27(35)28(36)37;/h4-10,12,19,27H,1-3,11,13-18,20,30H2,(H,36,37)(H,31,32,33);1H2. The summed E-state index contributed by atoms with van der Waals surface area (Å²) in [5, 5.41) is 13.1. The van der Waals surface area contributed by atoms with Gasteiger partial charge in [-0.15, -0.1) is 0 Å². The van der Waals surface area contributed by atoms with Gasteiger partial charge in [0.15, 0.2) is 0 Å². The quantitative estimate of drug-likeness (QED) is 0.296. The lowest BCUT2D eigenvalue weighted by atomic mass is 10.1. The number of nitrogens with one attached hydrogen (secondary N) is 1. The molecular weight excluding hydrogens is 528 g/mol. The average Bonchev–Trinajstić information content (AvgIpc) is 3.43.